The second-order valence-corrected chi connectivity index (χ2v) is 7.25. The van der Waals surface area contributed by atoms with E-state index in [9.17, 15) is 0 Å². The largest absolute Gasteiger partial charge is 0.368 e. The van der Waals surface area contributed by atoms with Gasteiger partial charge in [0.2, 0.25) is 5.88 Å². The molecule has 21 heavy (non-hydrogen) atoms. The van der Waals surface area contributed by atoms with E-state index in [1.54, 1.807) is 0 Å². The number of halogens is 1. The first-order chi connectivity index (χ1) is 10.1. The first-order valence-corrected chi connectivity index (χ1v) is 8.51. The highest BCUT2D eigenvalue weighted by Crippen LogP contribution is 2.30. The Bertz CT molecular complexity index is 551. The summed E-state index contributed by atoms with van der Waals surface area (Å²) in [6.45, 7) is 4.48. The monoisotopic (exact) mass is 351 g/mol. The molecule has 3 unspecified atom stereocenters. The van der Waals surface area contributed by atoms with Crippen molar-refractivity contribution in [1.29, 1.82) is 0 Å². The number of hydrogen-bond donors (Lipinski definition) is 1. The van der Waals surface area contributed by atoms with Gasteiger partial charge in [-0.3, -0.25) is 4.90 Å². The number of hydrogen-bond acceptors (Lipinski definition) is 4. The van der Waals surface area contributed by atoms with E-state index in [-0.39, 0.29) is 0 Å². The number of likely N-dealkylation sites (tertiary alicyclic amines) is 1. The summed E-state index contributed by atoms with van der Waals surface area (Å²) in [4.78, 5) is 3.05. The number of aromatic nitrogens is 1. The molecule has 0 bridgehead atoms. The Balaban J connectivity index is 1.55. The fraction of sp³-hybridized carbons (Fsp3) is 0.562. The van der Waals surface area contributed by atoms with Crippen molar-refractivity contribution in [1.82, 2.24) is 10.1 Å². The van der Waals surface area contributed by atoms with Crippen LogP contribution in [0.5, 0.6) is 0 Å². The number of rotatable bonds is 4. The van der Waals surface area contributed by atoms with Crippen molar-refractivity contribution in [3.63, 3.8) is 0 Å². The molecule has 0 aromatic carbocycles. The van der Waals surface area contributed by atoms with E-state index >= 15 is 0 Å². The van der Waals surface area contributed by atoms with Gasteiger partial charge in [-0.25, -0.2) is 0 Å². The molecule has 5 heteroatoms. The van der Waals surface area contributed by atoms with Crippen LogP contribution < -0.4 is 5.73 Å². The first kappa shape index (κ1) is 14.9. The molecular weight excluding hydrogens is 330 g/mol. The van der Waals surface area contributed by atoms with Gasteiger partial charge >= 0.3 is 0 Å². The van der Waals surface area contributed by atoms with Gasteiger partial charge in [0, 0.05) is 29.4 Å². The molecule has 2 N–H and O–H groups in total. The summed E-state index contributed by atoms with van der Waals surface area (Å²) in [5.41, 5.74) is 8.07. The normalized spacial score (nSPS) is 27.8. The van der Waals surface area contributed by atoms with E-state index in [0.717, 1.165) is 38.0 Å². The highest BCUT2D eigenvalue weighted by atomic mass is 79.9. The molecule has 0 spiro atoms. The van der Waals surface area contributed by atoms with Crippen LogP contribution >= 0.6 is 15.9 Å². The molecule has 2 aliphatic rings. The van der Waals surface area contributed by atoms with Crippen molar-refractivity contribution in [2.45, 2.75) is 43.0 Å². The van der Waals surface area contributed by atoms with E-state index in [0.29, 0.717) is 22.7 Å². The van der Waals surface area contributed by atoms with E-state index in [4.69, 9.17) is 10.3 Å². The van der Waals surface area contributed by atoms with Crippen molar-refractivity contribution in [3.8, 4) is 0 Å². The van der Waals surface area contributed by atoms with Crippen LogP contribution in [0.15, 0.2) is 34.4 Å². The minimum absolute atomic E-state index is 0.415. The zero-order chi connectivity index (χ0) is 14.8. The smallest absolute Gasteiger partial charge is 0.222 e. The van der Waals surface area contributed by atoms with Crippen molar-refractivity contribution in [2.75, 3.05) is 18.8 Å². The maximum absolute atomic E-state index is 5.61. The van der Waals surface area contributed by atoms with Crippen molar-refractivity contribution in [3.05, 3.63) is 35.6 Å². The maximum Gasteiger partial charge on any atom is 0.222 e. The maximum atomic E-state index is 5.61. The second kappa shape index (κ2) is 6.36. The van der Waals surface area contributed by atoms with Gasteiger partial charge in [-0.2, -0.15) is 0 Å². The van der Waals surface area contributed by atoms with Crippen molar-refractivity contribution < 1.29 is 4.52 Å². The van der Waals surface area contributed by atoms with E-state index < -0.39 is 0 Å². The summed E-state index contributed by atoms with van der Waals surface area (Å²) in [6, 6.07) is 2.42. The van der Waals surface area contributed by atoms with Crippen molar-refractivity contribution >= 4 is 21.8 Å². The van der Waals surface area contributed by atoms with Crippen LogP contribution in [0, 0.1) is 0 Å². The van der Waals surface area contributed by atoms with Crippen LogP contribution in [0.25, 0.3) is 0 Å². The van der Waals surface area contributed by atoms with Gasteiger partial charge < -0.3 is 10.3 Å². The highest BCUT2D eigenvalue weighted by molar-refractivity contribution is 9.09. The third-order valence-electron chi connectivity index (χ3n) is 4.46. The molecule has 114 valence electrons. The number of anilines is 1. The average molecular weight is 352 g/mol. The lowest BCUT2D eigenvalue weighted by Crippen LogP contribution is -2.31. The van der Waals surface area contributed by atoms with Gasteiger partial charge in [-0.15, -0.1) is 0 Å². The number of allylic oxidation sites excluding steroid dienone is 3. The molecule has 1 saturated heterocycles. The zero-order valence-electron chi connectivity index (χ0n) is 12.3. The number of nitrogen functional groups attached to an aromatic ring is 1. The van der Waals surface area contributed by atoms with Gasteiger partial charge in [-0.05, 0) is 32.7 Å². The minimum Gasteiger partial charge on any atom is -0.368 e. The first-order valence-electron chi connectivity index (χ1n) is 7.59. The van der Waals surface area contributed by atoms with E-state index in [1.165, 1.54) is 5.57 Å². The van der Waals surface area contributed by atoms with Crippen LogP contribution in [-0.2, 0) is 0 Å². The van der Waals surface area contributed by atoms with Gasteiger partial charge in [0.05, 0.1) is 5.69 Å². The Morgan fingerprint density at radius 2 is 2.43 bits per heavy atom. The summed E-state index contributed by atoms with van der Waals surface area (Å²) in [5, 5.41) is 4.06. The van der Waals surface area contributed by atoms with Gasteiger partial charge in [0.1, 0.15) is 0 Å². The molecule has 1 aromatic heterocycles. The third-order valence-corrected chi connectivity index (χ3v) is 5.14. The molecule has 0 radical (unpaired) electrons. The molecule has 3 atom stereocenters. The topological polar surface area (TPSA) is 55.3 Å². The summed E-state index contributed by atoms with van der Waals surface area (Å²) in [5.74, 6) is 0.870. The molecule has 1 aliphatic heterocycles. The van der Waals surface area contributed by atoms with Crippen LogP contribution in [0.2, 0.25) is 0 Å². The second-order valence-electron chi connectivity index (χ2n) is 6.08. The van der Waals surface area contributed by atoms with E-state index in [1.807, 2.05) is 6.07 Å². The average Bonchev–Trinajstić information content (AvgIpc) is 3.10. The fourth-order valence-electron chi connectivity index (χ4n) is 3.19. The summed E-state index contributed by atoms with van der Waals surface area (Å²) < 4.78 is 4.99. The molecule has 3 rings (SSSR count). The quantitative estimate of drug-likeness (QED) is 0.843. The zero-order valence-corrected chi connectivity index (χ0v) is 13.9. The van der Waals surface area contributed by atoms with Crippen LogP contribution in [-0.4, -0.2) is 34.0 Å². The Morgan fingerprint density at radius 3 is 3.10 bits per heavy atom. The SMILES string of the molecule is CC(CC1=CCC(Br)C=C1)N1CCC(c2cc(N)on2)C1. The molecule has 1 fully saturated rings. The molecular formula is C16H22BrN3O. The summed E-state index contributed by atoms with van der Waals surface area (Å²) >= 11 is 3.62. The standard InChI is InChI=1S/C16H22BrN3O/c1-11(8-12-2-4-14(17)5-3-12)20-7-6-13(10-20)15-9-16(18)21-19-15/h2-4,9,11,13-14H,5-8,10,18H2,1H3. The summed E-state index contributed by atoms with van der Waals surface area (Å²) in [7, 11) is 0. The molecule has 2 heterocycles. The van der Waals surface area contributed by atoms with Gasteiger partial charge in [-0.1, -0.05) is 44.9 Å². The van der Waals surface area contributed by atoms with Gasteiger partial charge in [0.25, 0.3) is 0 Å². The highest BCUT2D eigenvalue weighted by Gasteiger charge is 2.29. The Hall–Kier alpha value is -1.07. The van der Waals surface area contributed by atoms with Crippen LogP contribution in [0.1, 0.15) is 37.8 Å². The van der Waals surface area contributed by atoms with Crippen LogP contribution in [0.4, 0.5) is 5.88 Å². The molecule has 0 amide bonds. The Morgan fingerprint density at radius 1 is 1.57 bits per heavy atom. The predicted octanol–water partition coefficient (Wildman–Crippen LogP) is 3.47. The molecule has 1 aliphatic carbocycles. The minimum atomic E-state index is 0.415. The summed E-state index contributed by atoms with van der Waals surface area (Å²) in [6.07, 6.45) is 10.2. The number of nitrogens with zero attached hydrogens (tertiary/aromatic N) is 2. The lowest BCUT2D eigenvalue weighted by molar-refractivity contribution is 0.254. The molecule has 1 aromatic rings. The molecule has 4 nitrogen and oxygen atoms in total. The predicted molar refractivity (Wildman–Crippen MR) is 88.5 cm³/mol. The lowest BCUT2D eigenvalue weighted by atomic mass is 10.00. The van der Waals surface area contributed by atoms with Gasteiger partial charge in [0.15, 0.2) is 0 Å². The third kappa shape index (κ3) is 3.58. The van der Waals surface area contributed by atoms with E-state index in [2.05, 4.69) is 51.1 Å². The Labute approximate surface area is 134 Å². The number of alkyl halides is 1. The molecule has 0 saturated carbocycles. The fourth-order valence-corrected chi connectivity index (χ4v) is 3.52. The number of nitrogens with two attached hydrogens (primary N) is 1. The van der Waals surface area contributed by atoms with Crippen molar-refractivity contribution in [2.24, 2.45) is 0 Å². The lowest BCUT2D eigenvalue weighted by Gasteiger charge is -2.25. The van der Waals surface area contributed by atoms with Crippen LogP contribution in [0.3, 0.4) is 0 Å². The Kier molecular flexibility index (Phi) is 4.50.